The Morgan fingerprint density at radius 1 is 1.50 bits per heavy atom. The first-order valence-corrected chi connectivity index (χ1v) is 5.49. The standard InChI is InChI=1S/C11H10ClN3O/c1-6-4-9-8(5-7(6)12)13-11-14-10(16)2-3-15(9)11/h4-5H,2-3H2,1H3,(H,13,14,16). The lowest BCUT2D eigenvalue weighted by atomic mass is 10.2. The molecule has 0 unspecified atom stereocenters. The van der Waals surface area contributed by atoms with Crippen molar-refractivity contribution in [2.24, 2.45) is 0 Å². The summed E-state index contributed by atoms with van der Waals surface area (Å²) < 4.78 is 2.01. The van der Waals surface area contributed by atoms with E-state index in [1.165, 1.54) is 0 Å². The predicted octanol–water partition coefficient (Wildman–Crippen LogP) is 2.34. The maximum atomic E-state index is 11.2. The van der Waals surface area contributed by atoms with Crippen LogP contribution < -0.4 is 5.32 Å². The number of aromatic nitrogens is 2. The summed E-state index contributed by atoms with van der Waals surface area (Å²) in [6.07, 6.45) is 0.500. The number of nitrogens with zero attached hydrogens (tertiary/aromatic N) is 2. The number of hydrogen-bond acceptors (Lipinski definition) is 2. The zero-order valence-corrected chi connectivity index (χ0v) is 9.51. The van der Waals surface area contributed by atoms with E-state index in [1.54, 1.807) is 0 Å². The molecule has 1 aliphatic heterocycles. The van der Waals surface area contributed by atoms with Crippen LogP contribution in [0.4, 0.5) is 5.95 Å². The average molecular weight is 236 g/mol. The molecular weight excluding hydrogens is 226 g/mol. The van der Waals surface area contributed by atoms with Crippen molar-refractivity contribution >= 4 is 34.5 Å². The van der Waals surface area contributed by atoms with Crippen molar-refractivity contribution in [1.29, 1.82) is 0 Å². The number of rotatable bonds is 0. The Bertz CT molecular complexity index is 603. The number of aryl methyl sites for hydroxylation is 2. The molecule has 0 atom stereocenters. The van der Waals surface area contributed by atoms with Crippen molar-refractivity contribution in [2.45, 2.75) is 19.9 Å². The van der Waals surface area contributed by atoms with Crippen LogP contribution in [-0.4, -0.2) is 15.5 Å². The van der Waals surface area contributed by atoms with Gasteiger partial charge in [0.25, 0.3) is 0 Å². The van der Waals surface area contributed by atoms with Gasteiger partial charge in [-0.1, -0.05) is 11.6 Å². The van der Waals surface area contributed by atoms with Gasteiger partial charge >= 0.3 is 0 Å². The van der Waals surface area contributed by atoms with Crippen LogP contribution >= 0.6 is 11.6 Å². The fourth-order valence-electron chi connectivity index (χ4n) is 1.97. The Kier molecular flexibility index (Phi) is 1.94. The van der Waals surface area contributed by atoms with Crippen molar-refractivity contribution in [3.05, 3.63) is 22.7 Å². The number of anilines is 1. The number of benzene rings is 1. The molecule has 0 saturated carbocycles. The van der Waals surface area contributed by atoms with Gasteiger partial charge in [-0.15, -0.1) is 0 Å². The van der Waals surface area contributed by atoms with E-state index in [0.29, 0.717) is 23.9 Å². The number of imidazole rings is 1. The molecule has 0 fully saturated rings. The fraction of sp³-hybridized carbons (Fsp3) is 0.273. The molecule has 0 aliphatic carbocycles. The third-order valence-corrected chi connectivity index (χ3v) is 3.25. The van der Waals surface area contributed by atoms with Gasteiger partial charge in [-0.3, -0.25) is 10.1 Å². The summed E-state index contributed by atoms with van der Waals surface area (Å²) in [6.45, 7) is 2.64. The van der Waals surface area contributed by atoms with E-state index in [0.717, 1.165) is 16.6 Å². The van der Waals surface area contributed by atoms with E-state index in [4.69, 9.17) is 11.6 Å². The summed E-state index contributed by atoms with van der Waals surface area (Å²) in [5.41, 5.74) is 2.87. The van der Waals surface area contributed by atoms with Crippen LogP contribution in [0.1, 0.15) is 12.0 Å². The van der Waals surface area contributed by atoms with E-state index < -0.39 is 0 Å². The maximum absolute atomic E-state index is 11.2. The van der Waals surface area contributed by atoms with Crippen LogP contribution in [0.25, 0.3) is 11.0 Å². The van der Waals surface area contributed by atoms with Crippen molar-refractivity contribution in [3.8, 4) is 0 Å². The molecule has 82 valence electrons. The van der Waals surface area contributed by atoms with Crippen LogP contribution in [0.2, 0.25) is 5.02 Å². The van der Waals surface area contributed by atoms with Crippen molar-refractivity contribution < 1.29 is 4.79 Å². The van der Waals surface area contributed by atoms with Crippen molar-refractivity contribution in [2.75, 3.05) is 5.32 Å². The van der Waals surface area contributed by atoms with Gasteiger partial charge in [-0.2, -0.15) is 0 Å². The Morgan fingerprint density at radius 2 is 2.31 bits per heavy atom. The zero-order valence-electron chi connectivity index (χ0n) is 8.75. The van der Waals surface area contributed by atoms with E-state index in [1.807, 2.05) is 23.6 Å². The van der Waals surface area contributed by atoms with E-state index >= 15 is 0 Å². The molecule has 0 radical (unpaired) electrons. The SMILES string of the molecule is Cc1cc2c(cc1Cl)nc1n2CCC(=O)N1. The second-order valence-electron chi connectivity index (χ2n) is 3.98. The molecule has 2 heterocycles. The topological polar surface area (TPSA) is 46.9 Å². The third-order valence-electron chi connectivity index (χ3n) is 2.84. The Labute approximate surface area is 97.2 Å². The summed E-state index contributed by atoms with van der Waals surface area (Å²) >= 11 is 6.04. The smallest absolute Gasteiger partial charge is 0.228 e. The number of amides is 1. The molecule has 16 heavy (non-hydrogen) atoms. The number of fused-ring (bicyclic) bond motifs is 3. The Hall–Kier alpha value is -1.55. The van der Waals surface area contributed by atoms with Gasteiger partial charge in [-0.05, 0) is 24.6 Å². The normalized spacial score (nSPS) is 15.0. The number of nitrogens with one attached hydrogen (secondary N) is 1. The molecule has 0 spiro atoms. The van der Waals surface area contributed by atoms with Gasteiger partial charge in [0.05, 0.1) is 11.0 Å². The lowest BCUT2D eigenvalue weighted by Crippen LogP contribution is -2.23. The van der Waals surface area contributed by atoms with Gasteiger partial charge in [0.1, 0.15) is 0 Å². The van der Waals surface area contributed by atoms with Gasteiger partial charge < -0.3 is 4.57 Å². The Morgan fingerprint density at radius 3 is 3.12 bits per heavy atom. The average Bonchev–Trinajstić information content (AvgIpc) is 2.55. The number of carbonyl (C=O) groups excluding carboxylic acids is 1. The van der Waals surface area contributed by atoms with Gasteiger partial charge in [-0.25, -0.2) is 4.98 Å². The van der Waals surface area contributed by atoms with Crippen molar-refractivity contribution in [3.63, 3.8) is 0 Å². The number of carbonyl (C=O) groups is 1. The molecule has 0 bridgehead atoms. The molecule has 3 rings (SSSR count). The summed E-state index contributed by atoms with van der Waals surface area (Å²) in [5, 5.41) is 3.46. The quantitative estimate of drug-likeness (QED) is 0.762. The molecule has 1 aromatic carbocycles. The van der Waals surface area contributed by atoms with E-state index in [2.05, 4.69) is 10.3 Å². The highest BCUT2D eigenvalue weighted by molar-refractivity contribution is 6.32. The molecule has 5 heteroatoms. The van der Waals surface area contributed by atoms with Crippen LogP contribution in [-0.2, 0) is 11.3 Å². The monoisotopic (exact) mass is 235 g/mol. The number of hydrogen-bond donors (Lipinski definition) is 1. The number of halogens is 1. The first-order chi connectivity index (χ1) is 7.65. The van der Waals surface area contributed by atoms with Crippen LogP contribution in [0.5, 0.6) is 0 Å². The first-order valence-electron chi connectivity index (χ1n) is 5.11. The van der Waals surface area contributed by atoms with Crippen LogP contribution in [0.15, 0.2) is 12.1 Å². The molecular formula is C11H10ClN3O. The highest BCUT2D eigenvalue weighted by Crippen LogP contribution is 2.27. The lowest BCUT2D eigenvalue weighted by molar-refractivity contribution is -0.116. The molecule has 4 nitrogen and oxygen atoms in total. The highest BCUT2D eigenvalue weighted by atomic mass is 35.5. The second-order valence-corrected chi connectivity index (χ2v) is 4.38. The predicted molar refractivity (Wildman–Crippen MR) is 62.7 cm³/mol. The van der Waals surface area contributed by atoms with Gasteiger partial charge in [0.2, 0.25) is 11.9 Å². The Balaban J connectivity index is 2.29. The van der Waals surface area contributed by atoms with Crippen LogP contribution in [0.3, 0.4) is 0 Å². The molecule has 1 aromatic heterocycles. The second kappa shape index (κ2) is 3.22. The van der Waals surface area contributed by atoms with Gasteiger partial charge in [0, 0.05) is 18.0 Å². The van der Waals surface area contributed by atoms with E-state index in [-0.39, 0.29) is 5.91 Å². The lowest BCUT2D eigenvalue weighted by Gasteiger charge is -2.14. The molecule has 1 aliphatic rings. The van der Waals surface area contributed by atoms with E-state index in [9.17, 15) is 4.79 Å². The third kappa shape index (κ3) is 1.30. The summed E-state index contributed by atoms with van der Waals surface area (Å²) in [6, 6.07) is 3.84. The zero-order chi connectivity index (χ0) is 11.3. The minimum absolute atomic E-state index is 0.0191. The maximum Gasteiger partial charge on any atom is 0.228 e. The summed E-state index contributed by atoms with van der Waals surface area (Å²) in [4.78, 5) is 15.6. The molecule has 0 saturated heterocycles. The molecule has 2 aromatic rings. The van der Waals surface area contributed by atoms with Gasteiger partial charge in [0.15, 0.2) is 0 Å². The highest BCUT2D eigenvalue weighted by Gasteiger charge is 2.19. The van der Waals surface area contributed by atoms with Crippen LogP contribution in [0, 0.1) is 6.92 Å². The summed E-state index contributed by atoms with van der Waals surface area (Å²) in [7, 11) is 0. The first kappa shape index (κ1) is 9.66. The minimum Gasteiger partial charge on any atom is -0.309 e. The molecule has 1 amide bonds. The van der Waals surface area contributed by atoms with Crippen molar-refractivity contribution in [1.82, 2.24) is 9.55 Å². The molecule has 1 N–H and O–H groups in total. The minimum atomic E-state index is 0.0191. The fourth-order valence-corrected chi connectivity index (χ4v) is 2.13. The largest absolute Gasteiger partial charge is 0.309 e. The summed E-state index contributed by atoms with van der Waals surface area (Å²) in [5.74, 6) is 0.638.